The zero-order valence-corrected chi connectivity index (χ0v) is 23.2. The van der Waals surface area contributed by atoms with E-state index in [0.29, 0.717) is 50.6 Å². The van der Waals surface area contributed by atoms with E-state index in [0.717, 1.165) is 48.5 Å². The minimum atomic E-state index is -4.39. The maximum Gasteiger partial charge on any atom is 0.416 e. The van der Waals surface area contributed by atoms with Gasteiger partial charge in [0.1, 0.15) is 6.23 Å². The monoisotopic (exact) mass is 537 g/mol. The van der Waals surface area contributed by atoms with Gasteiger partial charge in [0.15, 0.2) is 0 Å². The van der Waals surface area contributed by atoms with E-state index < -0.39 is 18.0 Å². The fourth-order valence-electron chi connectivity index (χ4n) is 5.00. The lowest BCUT2D eigenvalue weighted by atomic mass is 10.0. The lowest BCUT2D eigenvalue weighted by Crippen LogP contribution is -2.55. The maximum absolute atomic E-state index is 13.0. The van der Waals surface area contributed by atoms with E-state index >= 15 is 0 Å². The number of rotatable bonds is 8. The highest BCUT2D eigenvalue weighted by atomic mass is 19.4. The van der Waals surface area contributed by atoms with Crippen molar-refractivity contribution in [2.24, 2.45) is 5.92 Å². The second-order valence-electron chi connectivity index (χ2n) is 10.7. The van der Waals surface area contributed by atoms with Crippen LogP contribution in [0, 0.1) is 19.8 Å². The van der Waals surface area contributed by atoms with Crippen LogP contribution < -0.4 is 5.32 Å². The van der Waals surface area contributed by atoms with E-state index in [1.54, 1.807) is 4.68 Å². The molecule has 1 saturated heterocycles. The van der Waals surface area contributed by atoms with Gasteiger partial charge < -0.3 is 10.4 Å². The molecule has 38 heavy (non-hydrogen) atoms. The Morgan fingerprint density at radius 1 is 1.13 bits per heavy atom. The van der Waals surface area contributed by atoms with Crippen LogP contribution in [-0.4, -0.2) is 69.0 Å². The van der Waals surface area contributed by atoms with Crippen molar-refractivity contribution < 1.29 is 23.1 Å². The Balaban J connectivity index is 1.80. The summed E-state index contributed by atoms with van der Waals surface area (Å²) in [5, 5.41) is 18.9. The van der Waals surface area contributed by atoms with E-state index in [-0.39, 0.29) is 11.9 Å². The molecule has 1 amide bonds. The Hall–Kier alpha value is -2.43. The number of aliphatic hydroxyl groups is 1. The number of aryl methyl sites for hydroxylation is 1. The summed E-state index contributed by atoms with van der Waals surface area (Å²) >= 11 is 0. The number of carbonyl (C=O) groups is 1. The van der Waals surface area contributed by atoms with Crippen LogP contribution >= 0.6 is 0 Å². The number of nitrogens with one attached hydrogen (secondary N) is 1. The van der Waals surface area contributed by atoms with Gasteiger partial charge in [-0.05, 0) is 56.9 Å². The van der Waals surface area contributed by atoms with Gasteiger partial charge in [-0.3, -0.25) is 14.6 Å². The third kappa shape index (κ3) is 7.80. The van der Waals surface area contributed by atoms with Crippen molar-refractivity contribution in [3.05, 3.63) is 46.8 Å². The van der Waals surface area contributed by atoms with Crippen LogP contribution in [0.2, 0.25) is 0 Å². The quantitative estimate of drug-likeness (QED) is 0.512. The minimum Gasteiger partial charge on any atom is -0.376 e. The molecule has 0 radical (unpaired) electrons. The van der Waals surface area contributed by atoms with Crippen LogP contribution in [0.15, 0.2) is 24.3 Å². The van der Waals surface area contributed by atoms with E-state index in [1.807, 2.05) is 13.8 Å². The van der Waals surface area contributed by atoms with Gasteiger partial charge >= 0.3 is 6.18 Å². The van der Waals surface area contributed by atoms with Gasteiger partial charge in [0.05, 0.1) is 23.0 Å². The lowest BCUT2D eigenvalue weighted by Gasteiger charge is -2.37. The Bertz CT molecular complexity index is 1050. The molecule has 7 nitrogen and oxygen atoms in total. The molecule has 1 aliphatic heterocycles. The average Bonchev–Trinajstić information content (AvgIpc) is 3.13. The van der Waals surface area contributed by atoms with Crippen LogP contribution in [0.5, 0.6) is 0 Å². The summed E-state index contributed by atoms with van der Waals surface area (Å²) in [6.07, 6.45) is -2.14. The highest BCUT2D eigenvalue weighted by molar-refractivity contribution is 5.76. The van der Waals surface area contributed by atoms with Gasteiger partial charge in [-0.1, -0.05) is 27.2 Å². The molecular weight excluding hydrogens is 495 g/mol. The fourth-order valence-corrected chi connectivity index (χ4v) is 5.00. The third-order valence-electron chi connectivity index (χ3n) is 7.23. The molecule has 0 spiro atoms. The van der Waals surface area contributed by atoms with Crippen molar-refractivity contribution in [2.75, 3.05) is 26.2 Å². The van der Waals surface area contributed by atoms with E-state index in [2.05, 4.69) is 41.0 Å². The molecule has 1 aliphatic rings. The zero-order chi connectivity index (χ0) is 28.0. The fraction of sp³-hybridized carbons (Fsp3) is 0.643. The van der Waals surface area contributed by atoms with Gasteiger partial charge in [0.25, 0.3) is 0 Å². The molecule has 0 bridgehead atoms. The third-order valence-corrected chi connectivity index (χ3v) is 7.23. The first-order valence-corrected chi connectivity index (χ1v) is 13.6. The Morgan fingerprint density at radius 2 is 1.82 bits per heavy atom. The first kappa shape index (κ1) is 30.1. The number of benzene rings is 1. The molecule has 2 aromatic rings. The Morgan fingerprint density at radius 3 is 2.42 bits per heavy atom. The van der Waals surface area contributed by atoms with Crippen molar-refractivity contribution >= 4 is 5.91 Å². The molecular formula is C28H42F3N5O2. The normalized spacial score (nSPS) is 20.6. The smallest absolute Gasteiger partial charge is 0.376 e. The van der Waals surface area contributed by atoms with Gasteiger partial charge in [0, 0.05) is 50.4 Å². The van der Waals surface area contributed by atoms with Gasteiger partial charge in [0.2, 0.25) is 5.91 Å². The van der Waals surface area contributed by atoms with Crippen molar-refractivity contribution in [1.82, 2.24) is 24.9 Å². The van der Waals surface area contributed by atoms with Gasteiger partial charge in [-0.15, -0.1) is 0 Å². The summed E-state index contributed by atoms with van der Waals surface area (Å²) in [4.78, 5) is 17.1. The zero-order valence-electron chi connectivity index (χ0n) is 23.2. The van der Waals surface area contributed by atoms with Gasteiger partial charge in [-0.2, -0.15) is 18.3 Å². The molecule has 1 aromatic carbocycles. The summed E-state index contributed by atoms with van der Waals surface area (Å²) in [7, 11) is 0. The number of nitrogens with zero attached hydrogens (tertiary/aromatic N) is 4. The SMILES string of the molecule is CCCCN1CCN(Cc2c(C)nn(-c3ccc(C(F)(F)F)cc3)c2C)CCC(=O)NC(CC(C)C)C1O. The number of halogens is 3. The molecule has 1 fully saturated rings. The molecule has 2 heterocycles. The first-order chi connectivity index (χ1) is 17.9. The van der Waals surface area contributed by atoms with Crippen molar-refractivity contribution in [1.29, 1.82) is 0 Å². The standard InChI is InChI=1S/C28H42F3N5O2/c1-6-7-13-35-16-15-34(14-12-26(37)32-25(27(35)38)17-19(2)3)18-24-20(4)33-36(21(24)5)23-10-8-22(9-11-23)28(29,30)31/h8-11,19,25,27,38H,6-7,12-18H2,1-5H3,(H,32,37). The highest BCUT2D eigenvalue weighted by Gasteiger charge is 2.31. The molecule has 2 atom stereocenters. The number of hydrogen-bond acceptors (Lipinski definition) is 5. The Labute approximate surface area is 224 Å². The van der Waals surface area contributed by atoms with Crippen LogP contribution in [-0.2, 0) is 17.5 Å². The van der Waals surface area contributed by atoms with Crippen molar-refractivity contribution in [3.63, 3.8) is 0 Å². The van der Waals surface area contributed by atoms with Crippen molar-refractivity contribution in [2.45, 2.75) is 85.3 Å². The molecule has 1 aromatic heterocycles. The maximum atomic E-state index is 13.0. The predicted molar refractivity (Wildman–Crippen MR) is 142 cm³/mol. The molecule has 2 unspecified atom stereocenters. The van der Waals surface area contributed by atoms with Gasteiger partial charge in [-0.25, -0.2) is 4.68 Å². The summed E-state index contributed by atoms with van der Waals surface area (Å²) in [5.41, 5.74) is 2.50. The number of carbonyl (C=O) groups excluding carboxylic acids is 1. The number of unbranched alkanes of at least 4 members (excludes halogenated alkanes) is 1. The molecule has 2 N–H and O–H groups in total. The largest absolute Gasteiger partial charge is 0.416 e. The second-order valence-corrected chi connectivity index (χ2v) is 10.7. The summed E-state index contributed by atoms with van der Waals surface area (Å²) < 4.78 is 40.7. The van der Waals surface area contributed by atoms with Crippen molar-refractivity contribution in [3.8, 4) is 5.69 Å². The summed E-state index contributed by atoms with van der Waals surface area (Å²) in [6.45, 7) is 13.3. The van der Waals surface area contributed by atoms with Crippen LogP contribution in [0.4, 0.5) is 13.2 Å². The highest BCUT2D eigenvalue weighted by Crippen LogP contribution is 2.30. The number of hydrogen-bond donors (Lipinski definition) is 2. The van der Waals surface area contributed by atoms with E-state index in [1.165, 1.54) is 12.1 Å². The molecule has 212 valence electrons. The first-order valence-electron chi connectivity index (χ1n) is 13.6. The summed E-state index contributed by atoms with van der Waals surface area (Å²) in [5.74, 6) is 0.264. The Kier molecular flexibility index (Phi) is 10.4. The predicted octanol–water partition coefficient (Wildman–Crippen LogP) is 4.67. The molecule has 3 rings (SSSR count). The average molecular weight is 538 g/mol. The second kappa shape index (κ2) is 13.1. The van der Waals surface area contributed by atoms with E-state index in [9.17, 15) is 23.1 Å². The number of amides is 1. The molecule has 0 saturated carbocycles. The topological polar surface area (TPSA) is 73.6 Å². The number of alkyl halides is 3. The van der Waals surface area contributed by atoms with Crippen LogP contribution in [0.3, 0.4) is 0 Å². The number of aromatic nitrogens is 2. The van der Waals surface area contributed by atoms with Crippen LogP contribution in [0.1, 0.15) is 69.0 Å². The van der Waals surface area contributed by atoms with E-state index in [4.69, 9.17) is 0 Å². The molecule has 0 aliphatic carbocycles. The lowest BCUT2D eigenvalue weighted by molar-refractivity contribution is -0.137. The summed E-state index contributed by atoms with van der Waals surface area (Å²) in [6, 6.07) is 4.69. The number of aliphatic hydroxyl groups excluding tert-OH is 1. The molecule has 10 heteroatoms. The van der Waals surface area contributed by atoms with Crippen LogP contribution in [0.25, 0.3) is 5.69 Å². The minimum absolute atomic E-state index is 0.0778.